The Labute approximate surface area is 878 Å². The fourth-order valence-corrected chi connectivity index (χ4v) is 23.3. The van der Waals surface area contributed by atoms with Crippen molar-refractivity contribution in [3.05, 3.63) is 371 Å². The van der Waals surface area contributed by atoms with Crippen LogP contribution in [0.25, 0.3) is 103 Å². The van der Waals surface area contributed by atoms with Crippen molar-refractivity contribution in [3.63, 3.8) is 0 Å². The van der Waals surface area contributed by atoms with E-state index in [0.29, 0.717) is 5.41 Å². The van der Waals surface area contributed by atoms with Crippen LogP contribution in [-0.2, 0) is 59.6 Å². The van der Waals surface area contributed by atoms with E-state index in [9.17, 15) is 0 Å². The second kappa shape index (κ2) is 47.2. The Balaban J connectivity index is 0.000000160. The highest BCUT2D eigenvalue weighted by atomic mass is 32.1. The molecule has 742 valence electrons. The Kier molecular flexibility index (Phi) is 37.8. The standard InChI is InChI=1S/C14H16.2C12H15N.4C12H14S.3C11H13NS.C8H12S.CH4/c1-14(2,3)13-9-8-11-6-4-5-7-12(11)10-13;1-12(2,3)10-4-5-11-9(8-10)6-7-13-11;1-12(2,3)11-8-9-6-4-5-7-10(9)13-11;1-12(2,3)10-5-4-6-11-9(10)7-8-13-11;1-12(2,3)10-8-13-11-7-5-4-6-9(10)11;2*1-12(2,3)11-8-9-6-4-5-7-10(9)13-11;1-11(2,3)10-6-8-7-12-5-4-9(8)13-10;1-11(2,3)10-6-8-4-5-12-7-9(8)13-10;1-11(2,3)9-7-8-5-4-6-12-10(8)13-9;1-8(2,3)7-5-4-6-9-7;/h4-10H,1-3H3;2*4-8,13H,1-3H3;4*4-8H,1-3H3;3*4-7H,1-3H3;4-6H,1-3H3;1H4. The van der Waals surface area contributed by atoms with Gasteiger partial charge in [-0.15, -0.1) is 90.7 Å². The maximum absolute atomic E-state index is 4.33. The molecule has 5 nitrogen and oxygen atoms in total. The van der Waals surface area contributed by atoms with E-state index in [1.165, 1.54) is 156 Å². The monoisotopic (exact) mass is 2020 g/mol. The third-order valence-corrected chi connectivity index (χ3v) is 34.5. The lowest BCUT2D eigenvalue weighted by Crippen LogP contribution is -2.10. The summed E-state index contributed by atoms with van der Waals surface area (Å²) in [5.41, 5.74) is 12.3. The molecule has 141 heavy (non-hydrogen) atoms. The van der Waals surface area contributed by atoms with Crippen LogP contribution in [0.5, 0.6) is 0 Å². The predicted molar refractivity (Wildman–Crippen MR) is 643 cm³/mol. The number of aromatic amines is 2. The Morgan fingerprint density at radius 2 is 0.660 bits per heavy atom. The fourth-order valence-electron chi connectivity index (χ4n) is 15.0. The molecule has 0 radical (unpaired) electrons. The van der Waals surface area contributed by atoms with Gasteiger partial charge < -0.3 is 9.97 Å². The molecule has 0 bridgehead atoms. The number of nitrogens with zero attached hydrogens (tertiary/aromatic N) is 3. The van der Waals surface area contributed by atoms with E-state index in [4.69, 9.17) is 0 Å². The van der Waals surface area contributed by atoms with Crippen molar-refractivity contribution < 1.29 is 0 Å². The number of H-pyrrole nitrogens is 2. The summed E-state index contributed by atoms with van der Waals surface area (Å²) < 4.78 is 8.20. The average molecular weight is 2020 g/mol. The van der Waals surface area contributed by atoms with Gasteiger partial charge in [0.2, 0.25) is 0 Å². The highest BCUT2D eigenvalue weighted by Crippen LogP contribution is 2.42. The summed E-state index contributed by atoms with van der Waals surface area (Å²) in [6.07, 6.45) is 11.4. The summed E-state index contributed by atoms with van der Waals surface area (Å²) in [6.45, 7) is 74.1. The highest BCUT2D eigenvalue weighted by molar-refractivity contribution is 7.21. The third-order valence-electron chi connectivity index (χ3n) is 23.7. The molecule has 0 aliphatic rings. The Morgan fingerprint density at radius 1 is 0.234 bits per heavy atom. The fraction of sp³-hybridized carbons (Fsp3) is 0.352. The lowest BCUT2D eigenvalue weighted by atomic mass is 9.85. The van der Waals surface area contributed by atoms with E-state index in [1.807, 2.05) is 123 Å². The molecule has 0 saturated carbocycles. The zero-order valence-electron chi connectivity index (χ0n) is 89.6. The topological polar surface area (TPSA) is 70.2 Å². The van der Waals surface area contributed by atoms with Crippen molar-refractivity contribution in [1.29, 1.82) is 0 Å². The molecule has 13 heterocycles. The molecule has 2 N–H and O–H groups in total. The summed E-state index contributed by atoms with van der Waals surface area (Å²) in [4.78, 5) is 29.0. The van der Waals surface area contributed by atoms with Crippen molar-refractivity contribution in [2.75, 3.05) is 0 Å². The minimum absolute atomic E-state index is 0. The Hall–Kier alpha value is -10.0. The Bertz CT molecular complexity index is 6560. The normalized spacial score (nSPS) is 12.1. The molecule has 21 rings (SSSR count). The van der Waals surface area contributed by atoms with Crippen LogP contribution in [0, 0.1) is 0 Å². The molecule has 0 amide bonds. The zero-order valence-corrected chi connectivity index (χ0v) is 96.2. The summed E-state index contributed by atoms with van der Waals surface area (Å²) in [5, 5.41) is 21.2. The molecule has 0 aliphatic heterocycles. The maximum Gasteiger partial charge on any atom is 0.123 e. The number of para-hydroxylation sites is 1. The van der Waals surface area contributed by atoms with Crippen LogP contribution < -0.4 is 0 Å². The summed E-state index contributed by atoms with van der Waals surface area (Å²) in [5.74, 6) is 0. The largest absolute Gasteiger partial charge is 0.361 e. The van der Waals surface area contributed by atoms with Crippen molar-refractivity contribution in [2.24, 2.45) is 0 Å². The van der Waals surface area contributed by atoms with E-state index in [0.717, 1.165) is 4.83 Å². The number of nitrogens with one attached hydrogen (secondary N) is 2. The number of pyridine rings is 3. The van der Waals surface area contributed by atoms with Crippen LogP contribution in [0.4, 0.5) is 0 Å². The van der Waals surface area contributed by atoms with Crippen molar-refractivity contribution in [2.45, 2.75) is 295 Å². The van der Waals surface area contributed by atoms with E-state index < -0.39 is 0 Å². The number of rotatable bonds is 0. The third kappa shape index (κ3) is 32.5. The number of benzene rings is 8. The van der Waals surface area contributed by atoms with Gasteiger partial charge in [-0.1, -0.05) is 382 Å². The molecule has 0 aliphatic carbocycles. The number of aromatic nitrogens is 5. The van der Waals surface area contributed by atoms with Crippen LogP contribution in [0.2, 0.25) is 0 Å². The van der Waals surface area contributed by atoms with Crippen LogP contribution in [0.1, 0.15) is 293 Å². The van der Waals surface area contributed by atoms with Crippen LogP contribution in [0.3, 0.4) is 0 Å². The SMILES string of the molecule is C.CC(C)(C)c1cc2ccccc2[nH]1.CC(C)(C)c1cc2ccccc2s1.CC(C)(C)c1cc2ccccc2s1.CC(C)(C)c1cc2cccnc2s1.CC(C)(C)c1cc2ccncc2s1.CC(C)(C)c1cc2cnccc2s1.CC(C)(C)c1ccc2[nH]ccc2c1.CC(C)(C)c1ccc2ccccc2c1.CC(C)(C)c1cccc2sccc12.CC(C)(C)c1cccs1.CC(C)(C)c1csc2ccccc12. The minimum atomic E-state index is 0. The van der Waals surface area contributed by atoms with E-state index in [-0.39, 0.29) is 61.6 Å². The van der Waals surface area contributed by atoms with Gasteiger partial charge in [0.05, 0.1) is 4.70 Å². The zero-order chi connectivity index (χ0) is 102. The molecule has 13 heteroatoms. The first-order valence-electron chi connectivity index (χ1n) is 49.0. The van der Waals surface area contributed by atoms with Gasteiger partial charge >= 0.3 is 0 Å². The number of thiophene rings is 8. The molecule has 0 unspecified atom stereocenters. The number of fused-ring (bicyclic) bond motifs is 10. The van der Waals surface area contributed by atoms with Crippen LogP contribution in [0.15, 0.2) is 314 Å². The predicted octanol–water partition coefficient (Wildman–Crippen LogP) is 42.3. The van der Waals surface area contributed by atoms with Crippen LogP contribution in [-0.4, -0.2) is 24.9 Å². The number of hydrogen-bond acceptors (Lipinski definition) is 11. The molecule has 21 aromatic rings. The molecule has 0 spiro atoms. The second-order valence-corrected chi connectivity index (χ2v) is 55.6. The first-order chi connectivity index (χ1) is 65.4. The first kappa shape index (κ1) is 113. The second-order valence-electron chi connectivity index (χ2n) is 47.5. The minimum Gasteiger partial charge on any atom is -0.361 e. The van der Waals surface area contributed by atoms with Crippen molar-refractivity contribution in [3.8, 4) is 0 Å². The molecular weight excluding hydrogens is 1860 g/mol. The van der Waals surface area contributed by atoms with Gasteiger partial charge in [0.25, 0.3) is 0 Å². The van der Waals surface area contributed by atoms with Gasteiger partial charge in [-0.2, -0.15) is 0 Å². The average Bonchev–Trinajstić information content (AvgIpc) is 1.78. The van der Waals surface area contributed by atoms with E-state index >= 15 is 0 Å². The molecule has 8 aromatic carbocycles. The van der Waals surface area contributed by atoms with Crippen molar-refractivity contribution in [1.82, 2.24) is 24.9 Å². The summed E-state index contributed by atoms with van der Waals surface area (Å²) in [7, 11) is 0. The van der Waals surface area contributed by atoms with Crippen LogP contribution >= 0.6 is 90.7 Å². The lowest BCUT2D eigenvalue weighted by molar-refractivity contribution is 0.574. The molecule has 0 fully saturated rings. The lowest BCUT2D eigenvalue weighted by Gasteiger charge is -2.19. The quantitative estimate of drug-likeness (QED) is 0.159. The smallest absolute Gasteiger partial charge is 0.123 e. The molecule has 0 atom stereocenters. The van der Waals surface area contributed by atoms with Gasteiger partial charge in [0.1, 0.15) is 4.83 Å². The van der Waals surface area contributed by atoms with Gasteiger partial charge in [-0.25, -0.2) is 4.98 Å². The van der Waals surface area contributed by atoms with Gasteiger partial charge in [0, 0.05) is 123 Å². The maximum atomic E-state index is 4.33. The summed E-state index contributed by atoms with van der Waals surface area (Å²) in [6, 6.07) is 93.0. The van der Waals surface area contributed by atoms with E-state index in [2.05, 4.69) is 524 Å². The van der Waals surface area contributed by atoms with E-state index in [1.54, 1.807) is 11.3 Å². The van der Waals surface area contributed by atoms with Gasteiger partial charge in [-0.05, 0) is 256 Å². The number of hydrogen-bond donors (Lipinski definition) is 2. The molecular formula is C128H157N5S8. The Morgan fingerprint density at radius 3 is 1.16 bits per heavy atom. The van der Waals surface area contributed by atoms with Crippen molar-refractivity contribution >= 4 is 194 Å². The van der Waals surface area contributed by atoms with Gasteiger partial charge in [-0.3, -0.25) is 9.97 Å². The van der Waals surface area contributed by atoms with Gasteiger partial charge in [0.15, 0.2) is 0 Å². The highest BCUT2D eigenvalue weighted by Gasteiger charge is 2.25. The first-order valence-corrected chi connectivity index (χ1v) is 55.7. The molecule has 0 saturated heterocycles. The molecule has 13 aromatic heterocycles. The summed E-state index contributed by atoms with van der Waals surface area (Å²) >= 11 is 14.8.